The molecule has 0 bridgehead atoms. The standard InChI is InChI=1S/C10H19Cl/c1-8(2)4-3-5-10(11)9-6-7-9/h8-10H,3-7H2,1-2H3. The lowest BCUT2D eigenvalue weighted by Gasteiger charge is -2.08. The molecule has 1 rings (SSSR count). The van der Waals surface area contributed by atoms with E-state index in [9.17, 15) is 0 Å². The summed E-state index contributed by atoms with van der Waals surface area (Å²) in [6.07, 6.45) is 6.67. The zero-order chi connectivity index (χ0) is 8.27. The Morgan fingerprint density at radius 1 is 1.27 bits per heavy atom. The smallest absolute Gasteiger partial charge is 0.0364 e. The number of alkyl halides is 1. The summed E-state index contributed by atoms with van der Waals surface area (Å²) in [6.45, 7) is 4.56. The Morgan fingerprint density at radius 3 is 2.36 bits per heavy atom. The van der Waals surface area contributed by atoms with E-state index in [-0.39, 0.29) is 0 Å². The van der Waals surface area contributed by atoms with Crippen molar-refractivity contribution in [3.8, 4) is 0 Å². The summed E-state index contributed by atoms with van der Waals surface area (Å²) in [7, 11) is 0. The van der Waals surface area contributed by atoms with Gasteiger partial charge in [-0.3, -0.25) is 0 Å². The minimum absolute atomic E-state index is 0.494. The van der Waals surface area contributed by atoms with Gasteiger partial charge in [0.05, 0.1) is 0 Å². The van der Waals surface area contributed by atoms with E-state index >= 15 is 0 Å². The van der Waals surface area contributed by atoms with E-state index in [1.165, 1.54) is 32.1 Å². The molecule has 1 saturated carbocycles. The van der Waals surface area contributed by atoms with Crippen molar-refractivity contribution < 1.29 is 0 Å². The Kier molecular flexibility index (Phi) is 3.71. The van der Waals surface area contributed by atoms with Crippen LogP contribution in [-0.4, -0.2) is 5.38 Å². The van der Waals surface area contributed by atoms with Gasteiger partial charge in [0.25, 0.3) is 0 Å². The maximum Gasteiger partial charge on any atom is 0.0364 e. The predicted molar refractivity (Wildman–Crippen MR) is 51.1 cm³/mol. The minimum atomic E-state index is 0.494. The fraction of sp³-hybridized carbons (Fsp3) is 1.00. The van der Waals surface area contributed by atoms with Crippen LogP contribution in [0.25, 0.3) is 0 Å². The summed E-state index contributed by atoms with van der Waals surface area (Å²) in [5, 5.41) is 0.494. The average molecular weight is 175 g/mol. The second kappa shape index (κ2) is 4.35. The van der Waals surface area contributed by atoms with Crippen LogP contribution in [0.15, 0.2) is 0 Å². The van der Waals surface area contributed by atoms with Crippen molar-refractivity contribution in [2.75, 3.05) is 0 Å². The predicted octanol–water partition coefficient (Wildman–Crippen LogP) is 3.83. The molecule has 0 spiro atoms. The highest BCUT2D eigenvalue weighted by molar-refractivity contribution is 6.20. The minimum Gasteiger partial charge on any atom is -0.123 e. The van der Waals surface area contributed by atoms with Gasteiger partial charge in [0, 0.05) is 5.38 Å². The van der Waals surface area contributed by atoms with Crippen LogP contribution < -0.4 is 0 Å². The van der Waals surface area contributed by atoms with Crippen molar-refractivity contribution in [3.63, 3.8) is 0 Å². The Labute approximate surface area is 75.3 Å². The zero-order valence-electron chi connectivity index (χ0n) is 7.65. The van der Waals surface area contributed by atoms with Crippen LogP contribution in [0.2, 0.25) is 0 Å². The summed E-state index contributed by atoms with van der Waals surface area (Å²) >= 11 is 6.16. The lowest BCUT2D eigenvalue weighted by Crippen LogP contribution is -2.01. The molecule has 11 heavy (non-hydrogen) atoms. The summed E-state index contributed by atoms with van der Waals surface area (Å²) in [6, 6.07) is 0. The van der Waals surface area contributed by atoms with Crippen molar-refractivity contribution in [2.45, 2.75) is 51.3 Å². The van der Waals surface area contributed by atoms with Crippen LogP contribution in [0, 0.1) is 11.8 Å². The monoisotopic (exact) mass is 174 g/mol. The van der Waals surface area contributed by atoms with Crippen molar-refractivity contribution >= 4 is 11.6 Å². The molecule has 1 unspecified atom stereocenters. The molecular formula is C10H19Cl. The summed E-state index contributed by atoms with van der Waals surface area (Å²) in [5.41, 5.74) is 0. The largest absolute Gasteiger partial charge is 0.123 e. The van der Waals surface area contributed by atoms with E-state index in [0.29, 0.717) is 5.38 Å². The van der Waals surface area contributed by atoms with Gasteiger partial charge in [-0.1, -0.05) is 26.7 Å². The third-order valence-electron chi connectivity index (χ3n) is 2.39. The van der Waals surface area contributed by atoms with E-state index in [4.69, 9.17) is 11.6 Å². The molecule has 0 aromatic rings. The molecule has 0 saturated heterocycles. The van der Waals surface area contributed by atoms with Crippen LogP contribution in [0.4, 0.5) is 0 Å². The van der Waals surface area contributed by atoms with Crippen LogP contribution in [-0.2, 0) is 0 Å². The molecule has 1 atom stereocenters. The maximum absolute atomic E-state index is 6.16. The van der Waals surface area contributed by atoms with Crippen molar-refractivity contribution in [3.05, 3.63) is 0 Å². The van der Waals surface area contributed by atoms with E-state index in [0.717, 1.165) is 11.8 Å². The lowest BCUT2D eigenvalue weighted by atomic mass is 10.0. The van der Waals surface area contributed by atoms with Crippen molar-refractivity contribution in [1.82, 2.24) is 0 Å². The Hall–Kier alpha value is 0.290. The molecule has 0 aromatic heterocycles. The average Bonchev–Trinajstić information content (AvgIpc) is 2.66. The quantitative estimate of drug-likeness (QED) is 0.556. The van der Waals surface area contributed by atoms with Crippen LogP contribution >= 0.6 is 11.6 Å². The fourth-order valence-electron chi connectivity index (χ4n) is 1.41. The molecular weight excluding hydrogens is 156 g/mol. The number of hydrogen-bond acceptors (Lipinski definition) is 0. The Bertz CT molecular complexity index is 105. The Morgan fingerprint density at radius 2 is 1.91 bits per heavy atom. The highest BCUT2D eigenvalue weighted by atomic mass is 35.5. The molecule has 1 aliphatic rings. The molecule has 0 aliphatic heterocycles. The van der Waals surface area contributed by atoms with Crippen LogP contribution in [0.1, 0.15) is 46.0 Å². The van der Waals surface area contributed by atoms with Gasteiger partial charge in [0.15, 0.2) is 0 Å². The first-order valence-electron chi connectivity index (χ1n) is 4.84. The lowest BCUT2D eigenvalue weighted by molar-refractivity contribution is 0.518. The third kappa shape index (κ3) is 4.00. The molecule has 1 heteroatoms. The first kappa shape index (κ1) is 9.38. The molecule has 1 aliphatic carbocycles. The molecule has 66 valence electrons. The molecule has 0 N–H and O–H groups in total. The van der Waals surface area contributed by atoms with Gasteiger partial charge in [-0.25, -0.2) is 0 Å². The van der Waals surface area contributed by atoms with E-state index in [2.05, 4.69) is 13.8 Å². The van der Waals surface area contributed by atoms with Gasteiger partial charge >= 0.3 is 0 Å². The summed E-state index contributed by atoms with van der Waals surface area (Å²) < 4.78 is 0. The number of hydrogen-bond donors (Lipinski definition) is 0. The Balaban J connectivity index is 1.93. The van der Waals surface area contributed by atoms with Gasteiger partial charge < -0.3 is 0 Å². The van der Waals surface area contributed by atoms with Gasteiger partial charge in [-0.15, -0.1) is 11.6 Å². The molecule has 0 nitrogen and oxygen atoms in total. The van der Waals surface area contributed by atoms with E-state index in [1.54, 1.807) is 0 Å². The normalized spacial score (nSPS) is 20.7. The molecule has 0 radical (unpaired) electrons. The van der Waals surface area contributed by atoms with E-state index in [1.807, 2.05) is 0 Å². The molecule has 0 heterocycles. The molecule has 1 fully saturated rings. The van der Waals surface area contributed by atoms with Crippen LogP contribution in [0.3, 0.4) is 0 Å². The number of rotatable bonds is 5. The summed E-state index contributed by atoms with van der Waals surface area (Å²) in [5.74, 6) is 1.72. The summed E-state index contributed by atoms with van der Waals surface area (Å²) in [4.78, 5) is 0. The first-order valence-corrected chi connectivity index (χ1v) is 5.28. The third-order valence-corrected chi connectivity index (χ3v) is 2.97. The first-order chi connectivity index (χ1) is 5.20. The van der Waals surface area contributed by atoms with Gasteiger partial charge in [-0.05, 0) is 31.1 Å². The van der Waals surface area contributed by atoms with Gasteiger partial charge in [-0.2, -0.15) is 0 Å². The SMILES string of the molecule is CC(C)CCCC(Cl)C1CC1. The highest BCUT2D eigenvalue weighted by Crippen LogP contribution is 2.37. The van der Waals surface area contributed by atoms with E-state index < -0.39 is 0 Å². The maximum atomic E-state index is 6.16. The second-order valence-corrected chi connectivity index (χ2v) is 4.74. The zero-order valence-corrected chi connectivity index (χ0v) is 8.40. The van der Waals surface area contributed by atoms with Crippen molar-refractivity contribution in [2.24, 2.45) is 11.8 Å². The molecule has 0 aromatic carbocycles. The number of halogens is 1. The van der Waals surface area contributed by atoms with Crippen molar-refractivity contribution in [1.29, 1.82) is 0 Å². The second-order valence-electron chi connectivity index (χ2n) is 4.18. The highest BCUT2D eigenvalue weighted by Gasteiger charge is 2.28. The van der Waals surface area contributed by atoms with Gasteiger partial charge in [0.1, 0.15) is 0 Å². The van der Waals surface area contributed by atoms with Crippen LogP contribution in [0.5, 0.6) is 0 Å². The molecule has 0 amide bonds. The topological polar surface area (TPSA) is 0 Å². The fourth-order valence-corrected chi connectivity index (χ4v) is 1.82. The van der Waals surface area contributed by atoms with Gasteiger partial charge in [0.2, 0.25) is 0 Å².